The molecule has 0 aliphatic carbocycles. The van der Waals surface area contributed by atoms with Crippen molar-refractivity contribution in [1.82, 2.24) is 14.9 Å². The Hall–Kier alpha value is -1.36. The largest absolute Gasteiger partial charge is 0.355 e. The summed E-state index contributed by atoms with van der Waals surface area (Å²) in [4.78, 5) is 23.3. The molecule has 0 saturated carbocycles. The number of H-pyrrole nitrogens is 1. The Kier molecular flexibility index (Phi) is 6.02. The van der Waals surface area contributed by atoms with Crippen molar-refractivity contribution in [3.8, 4) is 0 Å². The van der Waals surface area contributed by atoms with Crippen molar-refractivity contribution in [2.75, 3.05) is 38.6 Å². The van der Waals surface area contributed by atoms with E-state index in [0.29, 0.717) is 5.92 Å². The summed E-state index contributed by atoms with van der Waals surface area (Å²) >= 11 is 0. The first-order valence-corrected chi connectivity index (χ1v) is 6.92. The molecule has 0 spiro atoms. The molecule has 1 rings (SSSR count). The molecule has 1 aromatic heterocycles. The van der Waals surface area contributed by atoms with Gasteiger partial charge in [-0.15, -0.1) is 0 Å². The number of nitrogens with zero attached hydrogens (tertiary/aromatic N) is 3. The van der Waals surface area contributed by atoms with Crippen LogP contribution in [0.15, 0.2) is 10.9 Å². The maximum atomic E-state index is 11.7. The zero-order chi connectivity index (χ0) is 14.4. The van der Waals surface area contributed by atoms with Gasteiger partial charge in [0.1, 0.15) is 11.6 Å². The van der Waals surface area contributed by atoms with Crippen LogP contribution in [0.5, 0.6) is 0 Å². The Morgan fingerprint density at radius 2 is 2.00 bits per heavy atom. The highest BCUT2D eigenvalue weighted by molar-refractivity contribution is 5.37. The van der Waals surface area contributed by atoms with E-state index in [1.165, 1.54) is 0 Å². The van der Waals surface area contributed by atoms with E-state index >= 15 is 0 Å². The highest BCUT2D eigenvalue weighted by Gasteiger charge is 2.12. The average Bonchev–Trinajstić information content (AvgIpc) is 2.32. The van der Waals surface area contributed by atoms with Gasteiger partial charge in [0, 0.05) is 32.1 Å². The van der Waals surface area contributed by atoms with Gasteiger partial charge >= 0.3 is 0 Å². The Morgan fingerprint density at radius 1 is 1.32 bits per heavy atom. The molecule has 0 aliphatic rings. The summed E-state index contributed by atoms with van der Waals surface area (Å²) in [5.74, 6) is 2.07. The molecule has 0 fully saturated rings. The van der Waals surface area contributed by atoms with Crippen molar-refractivity contribution < 1.29 is 0 Å². The Balaban J connectivity index is 2.95. The van der Waals surface area contributed by atoms with Crippen LogP contribution in [-0.4, -0.2) is 48.6 Å². The van der Waals surface area contributed by atoms with E-state index in [0.717, 1.165) is 37.7 Å². The summed E-state index contributed by atoms with van der Waals surface area (Å²) in [6, 6.07) is 1.59. The second-order valence-electron chi connectivity index (χ2n) is 5.55. The summed E-state index contributed by atoms with van der Waals surface area (Å²) in [6.07, 6.45) is 0.742. The number of hydrogen-bond donors (Lipinski definition) is 1. The van der Waals surface area contributed by atoms with Gasteiger partial charge in [-0.3, -0.25) is 4.79 Å². The van der Waals surface area contributed by atoms with Crippen molar-refractivity contribution in [2.24, 2.45) is 5.92 Å². The molecule has 5 heteroatoms. The topological polar surface area (TPSA) is 52.2 Å². The first-order chi connectivity index (χ1) is 8.92. The van der Waals surface area contributed by atoms with Gasteiger partial charge in [0.2, 0.25) is 0 Å². The Morgan fingerprint density at radius 3 is 2.53 bits per heavy atom. The number of aryl methyl sites for hydroxylation is 1. The van der Waals surface area contributed by atoms with Gasteiger partial charge in [-0.1, -0.05) is 20.8 Å². The molecule has 19 heavy (non-hydrogen) atoms. The number of hydrogen-bond acceptors (Lipinski definition) is 4. The highest BCUT2D eigenvalue weighted by Crippen LogP contribution is 2.11. The summed E-state index contributed by atoms with van der Waals surface area (Å²) in [7, 11) is 4.10. The fraction of sp³-hybridized carbons (Fsp3) is 0.714. The lowest BCUT2D eigenvalue weighted by Crippen LogP contribution is -2.36. The molecule has 5 nitrogen and oxygen atoms in total. The lowest BCUT2D eigenvalue weighted by Gasteiger charge is -2.27. The molecule has 0 radical (unpaired) electrons. The molecule has 1 heterocycles. The molecule has 0 saturated heterocycles. The normalized spacial score (nSPS) is 11.3. The van der Waals surface area contributed by atoms with Crippen LogP contribution in [0.25, 0.3) is 0 Å². The van der Waals surface area contributed by atoms with Crippen LogP contribution in [0, 0.1) is 5.92 Å². The van der Waals surface area contributed by atoms with E-state index in [9.17, 15) is 4.79 Å². The zero-order valence-electron chi connectivity index (χ0n) is 12.7. The summed E-state index contributed by atoms with van der Waals surface area (Å²) in [5.41, 5.74) is -0.0690. The van der Waals surface area contributed by atoms with E-state index in [1.807, 2.05) is 6.92 Å². The van der Waals surface area contributed by atoms with Gasteiger partial charge in [0.25, 0.3) is 5.56 Å². The zero-order valence-corrected chi connectivity index (χ0v) is 12.7. The number of nitrogens with one attached hydrogen (secondary N) is 1. The predicted molar refractivity (Wildman–Crippen MR) is 79.8 cm³/mol. The number of rotatable bonds is 7. The number of aromatic amines is 1. The van der Waals surface area contributed by atoms with Gasteiger partial charge in [0.05, 0.1) is 0 Å². The summed E-state index contributed by atoms with van der Waals surface area (Å²) < 4.78 is 0. The van der Waals surface area contributed by atoms with Gasteiger partial charge in [0.15, 0.2) is 0 Å². The van der Waals surface area contributed by atoms with Crippen LogP contribution in [0.2, 0.25) is 0 Å². The standard InChI is InChI=1S/C14H26N4O/c1-6-12-15-13(9-14(19)16-12)18(10-11(2)3)8-7-17(4)5/h9,11H,6-8,10H2,1-5H3,(H,15,16,19). The number of anilines is 1. The van der Waals surface area contributed by atoms with E-state index in [1.54, 1.807) is 6.07 Å². The molecule has 0 atom stereocenters. The second kappa shape index (κ2) is 7.28. The molecule has 0 unspecified atom stereocenters. The molecule has 0 amide bonds. The second-order valence-corrected chi connectivity index (χ2v) is 5.55. The van der Waals surface area contributed by atoms with Gasteiger partial charge in [-0.2, -0.15) is 0 Å². The SMILES string of the molecule is CCc1nc(N(CCN(C)C)CC(C)C)cc(=O)[nH]1. The fourth-order valence-corrected chi connectivity index (χ4v) is 1.88. The van der Waals surface area contributed by atoms with Crippen LogP contribution in [0.1, 0.15) is 26.6 Å². The Labute approximate surface area is 115 Å². The van der Waals surface area contributed by atoms with Gasteiger partial charge in [-0.25, -0.2) is 4.98 Å². The fourth-order valence-electron chi connectivity index (χ4n) is 1.88. The highest BCUT2D eigenvalue weighted by atomic mass is 16.1. The van der Waals surface area contributed by atoms with Crippen molar-refractivity contribution in [3.05, 3.63) is 22.2 Å². The van der Waals surface area contributed by atoms with Crippen LogP contribution >= 0.6 is 0 Å². The molecule has 1 N–H and O–H groups in total. The van der Waals surface area contributed by atoms with Crippen LogP contribution in [0.4, 0.5) is 5.82 Å². The van der Waals surface area contributed by atoms with Gasteiger partial charge in [-0.05, 0) is 20.0 Å². The lowest BCUT2D eigenvalue weighted by molar-refractivity contribution is 0.408. The minimum absolute atomic E-state index is 0.0690. The van der Waals surface area contributed by atoms with E-state index in [4.69, 9.17) is 0 Å². The third-order valence-electron chi connectivity index (χ3n) is 2.84. The molecule has 0 aromatic carbocycles. The molecule has 0 bridgehead atoms. The van der Waals surface area contributed by atoms with Gasteiger partial charge < -0.3 is 14.8 Å². The monoisotopic (exact) mass is 266 g/mol. The van der Waals surface area contributed by atoms with Crippen LogP contribution < -0.4 is 10.5 Å². The third kappa shape index (κ3) is 5.42. The lowest BCUT2D eigenvalue weighted by atomic mass is 10.2. The van der Waals surface area contributed by atoms with E-state index in [-0.39, 0.29) is 5.56 Å². The van der Waals surface area contributed by atoms with E-state index in [2.05, 4.69) is 47.7 Å². The van der Waals surface area contributed by atoms with Crippen molar-refractivity contribution in [2.45, 2.75) is 27.2 Å². The predicted octanol–water partition coefficient (Wildman–Crippen LogP) is 1.36. The minimum atomic E-state index is -0.0690. The first-order valence-electron chi connectivity index (χ1n) is 6.92. The van der Waals surface area contributed by atoms with Crippen molar-refractivity contribution >= 4 is 5.82 Å². The van der Waals surface area contributed by atoms with Crippen molar-refractivity contribution in [3.63, 3.8) is 0 Å². The molecule has 108 valence electrons. The maximum absolute atomic E-state index is 11.7. The molecular weight excluding hydrogens is 240 g/mol. The van der Waals surface area contributed by atoms with Crippen molar-refractivity contribution in [1.29, 1.82) is 0 Å². The van der Waals surface area contributed by atoms with E-state index < -0.39 is 0 Å². The Bertz CT molecular complexity index is 439. The maximum Gasteiger partial charge on any atom is 0.252 e. The number of likely N-dealkylation sites (N-methyl/N-ethyl adjacent to an activating group) is 1. The summed E-state index contributed by atoms with van der Waals surface area (Å²) in [6.45, 7) is 9.09. The average molecular weight is 266 g/mol. The first kappa shape index (κ1) is 15.7. The van der Waals surface area contributed by atoms with Crippen LogP contribution in [0.3, 0.4) is 0 Å². The van der Waals surface area contributed by atoms with Crippen LogP contribution in [-0.2, 0) is 6.42 Å². The molecule has 1 aromatic rings. The molecule has 0 aliphatic heterocycles. The number of aromatic nitrogens is 2. The minimum Gasteiger partial charge on any atom is -0.355 e. The summed E-state index contributed by atoms with van der Waals surface area (Å²) in [5, 5.41) is 0. The quantitative estimate of drug-likeness (QED) is 0.809. The molecular formula is C14H26N4O. The smallest absolute Gasteiger partial charge is 0.252 e. The third-order valence-corrected chi connectivity index (χ3v) is 2.84.